The highest BCUT2D eigenvalue weighted by Gasteiger charge is 2.21. The topological polar surface area (TPSA) is 79.1 Å². The molecule has 0 amide bonds. The zero-order chi connectivity index (χ0) is 19.7. The molecule has 0 atom stereocenters. The molecule has 2 N–H and O–H groups in total. The predicted molar refractivity (Wildman–Crippen MR) is 99.4 cm³/mol. The average molecular weight is 377 g/mol. The maximum absolute atomic E-state index is 13.3. The van der Waals surface area contributed by atoms with Crippen LogP contribution in [0.5, 0.6) is 11.5 Å². The van der Waals surface area contributed by atoms with Crippen LogP contribution in [0, 0.1) is 11.6 Å². The molecular weight excluding hydrogens is 364 g/mol. The lowest BCUT2D eigenvalue weighted by atomic mass is 9.92. The first-order valence-corrected chi connectivity index (χ1v) is 8.30. The Morgan fingerprint density at radius 3 is 1.82 bits per heavy atom. The minimum atomic E-state index is -0.447. The third-order valence-electron chi connectivity index (χ3n) is 4.34. The Morgan fingerprint density at radius 1 is 0.679 bits per heavy atom. The first-order valence-electron chi connectivity index (χ1n) is 8.30. The summed E-state index contributed by atoms with van der Waals surface area (Å²) >= 11 is 0. The van der Waals surface area contributed by atoms with Crippen LogP contribution in [0.15, 0.2) is 66.9 Å². The van der Waals surface area contributed by atoms with Gasteiger partial charge in [0.15, 0.2) is 0 Å². The van der Waals surface area contributed by atoms with E-state index in [-0.39, 0.29) is 17.1 Å². The van der Waals surface area contributed by atoms with Crippen LogP contribution in [0.2, 0.25) is 0 Å². The van der Waals surface area contributed by atoms with Crippen LogP contribution in [0.3, 0.4) is 0 Å². The zero-order valence-electron chi connectivity index (χ0n) is 14.3. The van der Waals surface area contributed by atoms with E-state index in [1.54, 1.807) is 6.07 Å². The van der Waals surface area contributed by atoms with Gasteiger partial charge in [-0.25, -0.2) is 8.78 Å². The summed E-state index contributed by atoms with van der Waals surface area (Å²) in [6.45, 7) is 0. The molecule has 0 bridgehead atoms. The average Bonchev–Trinajstić information content (AvgIpc) is 2.71. The molecule has 28 heavy (non-hydrogen) atoms. The molecule has 5 nitrogen and oxygen atoms in total. The molecule has 4 aromatic rings. The van der Waals surface area contributed by atoms with Crippen LogP contribution in [0.25, 0.3) is 33.5 Å². The molecule has 0 fully saturated rings. The van der Waals surface area contributed by atoms with Crippen LogP contribution in [0.4, 0.5) is 8.78 Å². The summed E-state index contributed by atoms with van der Waals surface area (Å²) < 4.78 is 26.7. The fourth-order valence-corrected chi connectivity index (χ4v) is 2.98. The molecular formula is C21H13F2N3O2. The first kappa shape index (κ1) is 17.5. The molecule has 0 radical (unpaired) electrons. The van der Waals surface area contributed by atoms with Gasteiger partial charge in [0.2, 0.25) is 0 Å². The molecule has 3 aromatic carbocycles. The summed E-state index contributed by atoms with van der Waals surface area (Å²) in [4.78, 5) is 0. The molecule has 4 rings (SSSR count). The van der Waals surface area contributed by atoms with Gasteiger partial charge in [0.1, 0.15) is 28.8 Å². The number of benzene rings is 3. The van der Waals surface area contributed by atoms with E-state index in [1.807, 2.05) is 0 Å². The number of phenolic OH excluding ortho intramolecular Hbond substituents is 2. The quantitative estimate of drug-likeness (QED) is 0.547. The molecule has 0 aliphatic heterocycles. The summed E-state index contributed by atoms with van der Waals surface area (Å²) in [5, 5.41) is 32.9. The number of rotatable bonds is 3. The van der Waals surface area contributed by atoms with E-state index in [9.17, 15) is 19.0 Å². The number of phenols is 2. The maximum Gasteiger partial charge on any atom is 0.136 e. The maximum atomic E-state index is 13.3. The lowest BCUT2D eigenvalue weighted by Gasteiger charge is -2.16. The van der Waals surface area contributed by atoms with Crippen molar-refractivity contribution in [3.8, 4) is 45.0 Å². The van der Waals surface area contributed by atoms with E-state index in [0.29, 0.717) is 27.9 Å². The number of nitrogens with zero attached hydrogens (tertiary/aromatic N) is 3. The van der Waals surface area contributed by atoms with Crippen LogP contribution >= 0.6 is 0 Å². The second-order valence-corrected chi connectivity index (χ2v) is 6.06. The number of hydrogen-bond donors (Lipinski definition) is 2. The van der Waals surface area contributed by atoms with Crippen molar-refractivity contribution in [1.29, 1.82) is 0 Å². The third kappa shape index (κ3) is 3.14. The number of aromatic nitrogens is 3. The summed E-state index contributed by atoms with van der Waals surface area (Å²) in [7, 11) is 0. The fraction of sp³-hybridized carbons (Fsp3) is 0. The lowest BCUT2D eigenvalue weighted by Crippen LogP contribution is -1.94. The number of hydrogen-bond acceptors (Lipinski definition) is 5. The van der Waals surface area contributed by atoms with E-state index < -0.39 is 11.6 Å². The minimum Gasteiger partial charge on any atom is -0.507 e. The molecule has 1 aromatic heterocycles. The molecule has 0 saturated heterocycles. The van der Waals surface area contributed by atoms with Crippen molar-refractivity contribution in [3.05, 3.63) is 78.5 Å². The zero-order valence-corrected chi connectivity index (χ0v) is 14.3. The van der Waals surface area contributed by atoms with Gasteiger partial charge in [0, 0.05) is 11.1 Å². The summed E-state index contributed by atoms with van der Waals surface area (Å²) in [6, 6.07) is 14.0. The summed E-state index contributed by atoms with van der Waals surface area (Å²) in [5.74, 6) is -1.32. The van der Waals surface area contributed by atoms with E-state index >= 15 is 0 Å². The van der Waals surface area contributed by atoms with Gasteiger partial charge in [-0.2, -0.15) is 0 Å². The van der Waals surface area contributed by atoms with Crippen molar-refractivity contribution in [1.82, 2.24) is 15.4 Å². The standard InChI is InChI=1S/C21H13F2N3O2/c22-14-5-1-12(2-6-14)16-11-17(18-9-10-24-26-25-18)21(28)19(20(16)27)13-3-7-15(23)8-4-13/h1-11,27-28H. The monoisotopic (exact) mass is 377 g/mol. The Kier molecular flexibility index (Phi) is 4.41. The second kappa shape index (κ2) is 7.03. The van der Waals surface area contributed by atoms with Crippen molar-refractivity contribution in [2.75, 3.05) is 0 Å². The van der Waals surface area contributed by atoms with Gasteiger partial charge in [0.25, 0.3) is 0 Å². The van der Waals surface area contributed by atoms with Gasteiger partial charge in [-0.05, 0) is 52.7 Å². The highest BCUT2D eigenvalue weighted by molar-refractivity contribution is 5.92. The van der Waals surface area contributed by atoms with E-state index in [2.05, 4.69) is 15.4 Å². The second-order valence-electron chi connectivity index (χ2n) is 6.06. The Balaban J connectivity index is 2.02. The van der Waals surface area contributed by atoms with Crippen molar-refractivity contribution >= 4 is 0 Å². The summed E-state index contributed by atoms with van der Waals surface area (Å²) in [5.41, 5.74) is 2.03. The highest BCUT2D eigenvalue weighted by atomic mass is 19.1. The Labute approximate surface area is 158 Å². The molecule has 0 aliphatic carbocycles. The lowest BCUT2D eigenvalue weighted by molar-refractivity contribution is 0.456. The van der Waals surface area contributed by atoms with Crippen LogP contribution in [-0.2, 0) is 0 Å². The Morgan fingerprint density at radius 2 is 1.25 bits per heavy atom. The van der Waals surface area contributed by atoms with Gasteiger partial charge in [-0.3, -0.25) is 0 Å². The Bertz CT molecular complexity index is 1130. The number of halogens is 2. The first-order chi connectivity index (χ1) is 13.5. The predicted octanol–water partition coefficient (Wildman–Crippen LogP) is 4.56. The van der Waals surface area contributed by atoms with E-state index in [1.165, 1.54) is 60.8 Å². The van der Waals surface area contributed by atoms with E-state index in [0.717, 1.165) is 0 Å². The molecule has 0 unspecified atom stereocenters. The van der Waals surface area contributed by atoms with Crippen molar-refractivity contribution in [2.45, 2.75) is 0 Å². The molecule has 0 aliphatic rings. The van der Waals surface area contributed by atoms with E-state index in [4.69, 9.17) is 0 Å². The van der Waals surface area contributed by atoms with Crippen molar-refractivity contribution in [2.24, 2.45) is 0 Å². The Hall–Kier alpha value is -3.87. The van der Waals surface area contributed by atoms with Crippen LogP contribution < -0.4 is 0 Å². The van der Waals surface area contributed by atoms with Gasteiger partial charge in [-0.1, -0.05) is 24.3 Å². The molecule has 0 spiro atoms. The molecule has 1 heterocycles. The molecule has 138 valence electrons. The van der Waals surface area contributed by atoms with Crippen LogP contribution in [0.1, 0.15) is 0 Å². The van der Waals surface area contributed by atoms with Gasteiger partial charge in [-0.15, -0.1) is 10.2 Å². The molecule has 0 saturated carbocycles. The largest absolute Gasteiger partial charge is 0.507 e. The van der Waals surface area contributed by atoms with Gasteiger partial charge in [0.05, 0.1) is 11.8 Å². The normalized spacial score (nSPS) is 10.8. The number of aromatic hydroxyl groups is 2. The van der Waals surface area contributed by atoms with Crippen molar-refractivity contribution < 1.29 is 19.0 Å². The smallest absolute Gasteiger partial charge is 0.136 e. The highest BCUT2D eigenvalue weighted by Crippen LogP contribution is 2.48. The SMILES string of the molecule is Oc1c(-c2ccc(F)cc2)cc(-c2ccnnn2)c(O)c1-c1ccc(F)cc1. The minimum absolute atomic E-state index is 0.107. The van der Waals surface area contributed by atoms with Crippen LogP contribution in [-0.4, -0.2) is 25.6 Å². The van der Waals surface area contributed by atoms with Gasteiger partial charge < -0.3 is 10.2 Å². The molecule has 7 heteroatoms. The van der Waals surface area contributed by atoms with Crippen molar-refractivity contribution in [3.63, 3.8) is 0 Å². The van der Waals surface area contributed by atoms with Gasteiger partial charge >= 0.3 is 0 Å². The fourth-order valence-electron chi connectivity index (χ4n) is 2.98. The summed E-state index contributed by atoms with van der Waals surface area (Å²) in [6.07, 6.45) is 1.42. The third-order valence-corrected chi connectivity index (χ3v) is 4.34.